The normalized spacial score (nSPS) is 9.67. The van der Waals surface area contributed by atoms with Crippen LogP contribution in [0.15, 0.2) is 0 Å². The number of carbonyl (C=O) groups excluding carboxylic acids is 1. The summed E-state index contributed by atoms with van der Waals surface area (Å²) in [5.41, 5.74) is 10.2. The van der Waals surface area contributed by atoms with Crippen molar-refractivity contribution in [2.24, 2.45) is 5.73 Å². The van der Waals surface area contributed by atoms with E-state index in [1.54, 1.807) is 0 Å². The van der Waals surface area contributed by atoms with Gasteiger partial charge in [0.05, 0.1) is 0 Å². The number of urea groups is 1. The summed E-state index contributed by atoms with van der Waals surface area (Å²) < 4.78 is 0. The lowest BCUT2D eigenvalue weighted by molar-refractivity contribution is 0.249. The molecule has 6 N–H and O–H groups in total. The molecule has 0 unspecified atom stereocenters. The van der Waals surface area contributed by atoms with Gasteiger partial charge in [-0.15, -0.1) is 0 Å². The molecule has 0 aliphatic heterocycles. The van der Waals surface area contributed by atoms with E-state index in [0.29, 0.717) is 13.1 Å². The zero-order chi connectivity index (χ0) is 11.3. The van der Waals surface area contributed by atoms with Crippen molar-refractivity contribution in [1.82, 2.24) is 20.3 Å². The summed E-state index contributed by atoms with van der Waals surface area (Å²) >= 11 is 5.54. The minimum Gasteiger partial charge on any atom is -0.368 e. The molecule has 2 amide bonds. The highest BCUT2D eigenvalue weighted by Crippen LogP contribution is 2.05. The fraction of sp³-hybridized carbons (Fsp3) is 0.333. The van der Waals surface area contributed by atoms with Crippen molar-refractivity contribution >= 4 is 29.5 Å². The largest absolute Gasteiger partial charge is 0.368 e. The van der Waals surface area contributed by atoms with Crippen molar-refractivity contribution in [3.63, 3.8) is 0 Å². The smallest absolute Gasteiger partial charge is 0.312 e. The maximum atomic E-state index is 10.3. The number of halogens is 1. The molecule has 9 heteroatoms. The topological polar surface area (TPSA) is 132 Å². The van der Waals surface area contributed by atoms with Gasteiger partial charge in [0.15, 0.2) is 0 Å². The summed E-state index contributed by atoms with van der Waals surface area (Å²) in [5.74, 6) is 0.277. The number of rotatable bonds is 4. The Morgan fingerprint density at radius 1 is 1.33 bits per heavy atom. The van der Waals surface area contributed by atoms with E-state index in [0.717, 1.165) is 0 Å². The van der Waals surface area contributed by atoms with Gasteiger partial charge < -0.3 is 22.1 Å². The van der Waals surface area contributed by atoms with Gasteiger partial charge in [-0.2, -0.15) is 15.0 Å². The number of primary amides is 1. The van der Waals surface area contributed by atoms with Gasteiger partial charge in [0.1, 0.15) is 0 Å². The predicted molar refractivity (Wildman–Crippen MR) is 55.3 cm³/mol. The maximum Gasteiger partial charge on any atom is 0.312 e. The Kier molecular flexibility index (Phi) is 3.86. The summed E-state index contributed by atoms with van der Waals surface area (Å²) in [6.45, 7) is 0.751. The zero-order valence-corrected chi connectivity index (χ0v) is 8.45. The third kappa shape index (κ3) is 4.27. The van der Waals surface area contributed by atoms with E-state index in [4.69, 9.17) is 23.1 Å². The lowest BCUT2D eigenvalue weighted by Crippen LogP contribution is -2.33. The molecule has 0 aliphatic carbocycles. The van der Waals surface area contributed by atoms with E-state index in [1.165, 1.54) is 0 Å². The number of amides is 2. The number of carbonyl (C=O) groups is 1. The Labute approximate surface area is 90.4 Å². The van der Waals surface area contributed by atoms with Crippen molar-refractivity contribution < 1.29 is 4.79 Å². The van der Waals surface area contributed by atoms with Crippen LogP contribution >= 0.6 is 11.6 Å². The number of anilines is 2. The number of hydrogen-bond acceptors (Lipinski definition) is 6. The van der Waals surface area contributed by atoms with Crippen LogP contribution in [-0.4, -0.2) is 34.1 Å². The van der Waals surface area contributed by atoms with E-state index in [9.17, 15) is 4.79 Å². The molecule has 0 spiro atoms. The van der Waals surface area contributed by atoms with Gasteiger partial charge in [0, 0.05) is 13.1 Å². The molecule has 1 aromatic heterocycles. The van der Waals surface area contributed by atoms with Gasteiger partial charge >= 0.3 is 6.03 Å². The zero-order valence-electron chi connectivity index (χ0n) is 7.70. The SMILES string of the molecule is NC(=O)NCCNc1nc(N)nc(Cl)n1. The van der Waals surface area contributed by atoms with Crippen molar-refractivity contribution in [3.05, 3.63) is 5.28 Å². The van der Waals surface area contributed by atoms with Crippen LogP contribution in [0.25, 0.3) is 0 Å². The molecule has 15 heavy (non-hydrogen) atoms. The summed E-state index contributed by atoms with van der Waals surface area (Å²) in [6.07, 6.45) is 0. The first-order chi connectivity index (χ1) is 7.08. The van der Waals surface area contributed by atoms with E-state index in [-0.39, 0.29) is 17.2 Å². The van der Waals surface area contributed by atoms with Crippen LogP contribution < -0.4 is 22.1 Å². The average molecular weight is 232 g/mol. The second kappa shape index (κ2) is 5.15. The lowest BCUT2D eigenvalue weighted by Gasteiger charge is -2.05. The molecule has 0 aliphatic rings. The van der Waals surface area contributed by atoms with Crippen molar-refractivity contribution in [2.75, 3.05) is 24.1 Å². The Morgan fingerprint density at radius 2 is 2.07 bits per heavy atom. The van der Waals surface area contributed by atoms with Gasteiger partial charge in [0.2, 0.25) is 17.2 Å². The fourth-order valence-corrected chi connectivity index (χ4v) is 0.971. The first-order valence-electron chi connectivity index (χ1n) is 4.02. The van der Waals surface area contributed by atoms with Crippen LogP contribution in [0.1, 0.15) is 0 Å². The van der Waals surface area contributed by atoms with E-state index in [2.05, 4.69) is 25.6 Å². The molecule has 0 saturated heterocycles. The first kappa shape index (κ1) is 11.2. The third-order valence-corrected chi connectivity index (χ3v) is 1.50. The molecule has 0 saturated carbocycles. The second-order valence-corrected chi connectivity index (χ2v) is 2.84. The number of nitrogens with two attached hydrogens (primary N) is 2. The van der Waals surface area contributed by atoms with Crippen LogP contribution in [0.3, 0.4) is 0 Å². The van der Waals surface area contributed by atoms with Crippen molar-refractivity contribution in [3.8, 4) is 0 Å². The summed E-state index contributed by atoms with van der Waals surface area (Å²) in [6, 6.07) is -0.593. The summed E-state index contributed by atoms with van der Waals surface area (Å²) in [7, 11) is 0. The van der Waals surface area contributed by atoms with E-state index < -0.39 is 6.03 Å². The molecule has 0 aromatic carbocycles. The molecule has 1 aromatic rings. The lowest BCUT2D eigenvalue weighted by atomic mass is 10.6. The minimum atomic E-state index is -0.593. The minimum absolute atomic E-state index is 0.00728. The first-order valence-corrected chi connectivity index (χ1v) is 4.40. The third-order valence-electron chi connectivity index (χ3n) is 1.33. The van der Waals surface area contributed by atoms with Crippen LogP contribution in [0.2, 0.25) is 5.28 Å². The Morgan fingerprint density at radius 3 is 2.67 bits per heavy atom. The molecule has 0 bridgehead atoms. The molecule has 82 valence electrons. The Balaban J connectivity index is 2.40. The van der Waals surface area contributed by atoms with Crippen LogP contribution in [0.4, 0.5) is 16.7 Å². The molecule has 1 heterocycles. The highest BCUT2D eigenvalue weighted by molar-refractivity contribution is 6.28. The monoisotopic (exact) mass is 231 g/mol. The van der Waals surface area contributed by atoms with Crippen LogP contribution in [0.5, 0.6) is 0 Å². The highest BCUT2D eigenvalue weighted by atomic mass is 35.5. The molecule has 8 nitrogen and oxygen atoms in total. The number of nitrogens with one attached hydrogen (secondary N) is 2. The molecular formula is C6H10ClN7O. The van der Waals surface area contributed by atoms with E-state index >= 15 is 0 Å². The predicted octanol–water partition coefficient (Wildman–Crippen LogP) is -0.813. The standard InChI is InChI=1S/C6H10ClN7O/c7-3-12-4(8)14-6(13-3)11-2-1-10-5(9)15/h1-2H2,(H3,9,10,15)(H3,8,11,12,13,14). The van der Waals surface area contributed by atoms with Crippen molar-refractivity contribution in [2.45, 2.75) is 0 Å². The summed E-state index contributed by atoms with van der Waals surface area (Å²) in [5, 5.41) is 5.18. The molecule has 0 atom stereocenters. The highest BCUT2D eigenvalue weighted by Gasteiger charge is 2.01. The van der Waals surface area contributed by atoms with Gasteiger partial charge in [0.25, 0.3) is 0 Å². The second-order valence-electron chi connectivity index (χ2n) is 2.50. The number of aromatic nitrogens is 3. The maximum absolute atomic E-state index is 10.3. The molecule has 0 radical (unpaired) electrons. The van der Waals surface area contributed by atoms with Crippen LogP contribution in [0, 0.1) is 0 Å². The Hall–Kier alpha value is -1.83. The summed E-state index contributed by atoms with van der Waals surface area (Å²) in [4.78, 5) is 21.4. The van der Waals surface area contributed by atoms with Gasteiger partial charge in [-0.1, -0.05) is 0 Å². The quantitative estimate of drug-likeness (QED) is 0.501. The van der Waals surface area contributed by atoms with Gasteiger partial charge in [-0.3, -0.25) is 0 Å². The number of hydrogen-bond donors (Lipinski definition) is 4. The molecule has 1 rings (SSSR count). The fourth-order valence-electron chi connectivity index (χ4n) is 0.804. The average Bonchev–Trinajstić information content (AvgIpc) is 2.10. The van der Waals surface area contributed by atoms with Crippen molar-refractivity contribution in [1.29, 1.82) is 0 Å². The van der Waals surface area contributed by atoms with E-state index in [1.807, 2.05) is 0 Å². The Bertz CT molecular complexity index is 337. The molecule has 0 fully saturated rings. The molecular weight excluding hydrogens is 222 g/mol. The van der Waals surface area contributed by atoms with Gasteiger partial charge in [-0.25, -0.2) is 4.79 Å². The van der Waals surface area contributed by atoms with Crippen LogP contribution in [-0.2, 0) is 0 Å². The van der Waals surface area contributed by atoms with Gasteiger partial charge in [-0.05, 0) is 11.6 Å². The number of nitrogen functional groups attached to an aromatic ring is 1. The number of nitrogens with zero attached hydrogens (tertiary/aromatic N) is 3.